The average Bonchev–Trinajstić information content (AvgIpc) is 2.68. The van der Waals surface area contributed by atoms with Gasteiger partial charge in [-0.1, -0.05) is 47.0 Å². The molecule has 0 heterocycles. The highest BCUT2D eigenvalue weighted by molar-refractivity contribution is 7.89. The second kappa shape index (κ2) is 10.9. The number of rotatable bonds is 10. The van der Waals surface area contributed by atoms with Gasteiger partial charge >= 0.3 is 0 Å². The molecule has 0 aromatic heterocycles. The molecule has 0 atom stereocenters. The van der Waals surface area contributed by atoms with Gasteiger partial charge in [0, 0.05) is 26.8 Å². The number of sulfonamides is 1. The van der Waals surface area contributed by atoms with Gasteiger partial charge < -0.3 is 10.1 Å². The van der Waals surface area contributed by atoms with Crippen molar-refractivity contribution in [3.63, 3.8) is 0 Å². The zero-order valence-corrected chi connectivity index (χ0v) is 18.6. The van der Waals surface area contributed by atoms with Crippen LogP contribution in [0.1, 0.15) is 17.5 Å². The molecule has 9 heteroatoms. The third-order valence-electron chi connectivity index (χ3n) is 4.17. The summed E-state index contributed by atoms with van der Waals surface area (Å²) >= 11 is 12.0. The molecule has 29 heavy (non-hydrogen) atoms. The number of aryl methyl sites for hydroxylation is 1. The van der Waals surface area contributed by atoms with Crippen LogP contribution >= 0.6 is 23.2 Å². The maximum atomic E-state index is 13.2. The number of hydrogen-bond donors (Lipinski definition) is 1. The van der Waals surface area contributed by atoms with Crippen LogP contribution in [0.4, 0.5) is 0 Å². The van der Waals surface area contributed by atoms with E-state index in [0.717, 1.165) is 9.87 Å². The molecule has 0 bridgehead atoms. The number of ether oxygens (including phenoxy) is 1. The quantitative estimate of drug-likeness (QED) is 0.551. The Kier molecular flexibility index (Phi) is 8.92. The predicted molar refractivity (Wildman–Crippen MR) is 115 cm³/mol. The van der Waals surface area contributed by atoms with Gasteiger partial charge in [-0.3, -0.25) is 4.79 Å². The van der Waals surface area contributed by atoms with Gasteiger partial charge in [-0.15, -0.1) is 0 Å². The molecule has 0 aliphatic heterocycles. The zero-order valence-electron chi connectivity index (χ0n) is 16.3. The summed E-state index contributed by atoms with van der Waals surface area (Å²) in [7, 11) is -2.32. The third kappa shape index (κ3) is 6.97. The number of hydrogen-bond acceptors (Lipinski definition) is 4. The van der Waals surface area contributed by atoms with Crippen molar-refractivity contribution >= 4 is 39.1 Å². The number of benzene rings is 2. The van der Waals surface area contributed by atoms with Gasteiger partial charge in [0.2, 0.25) is 15.9 Å². The molecular weight excluding hydrogens is 435 g/mol. The molecule has 0 radical (unpaired) electrons. The maximum absolute atomic E-state index is 13.2. The Morgan fingerprint density at radius 2 is 1.79 bits per heavy atom. The van der Waals surface area contributed by atoms with E-state index >= 15 is 0 Å². The van der Waals surface area contributed by atoms with Crippen molar-refractivity contribution in [2.45, 2.75) is 24.8 Å². The molecule has 2 aromatic carbocycles. The number of nitrogens with zero attached hydrogens (tertiary/aromatic N) is 1. The van der Waals surface area contributed by atoms with Gasteiger partial charge in [0.15, 0.2) is 0 Å². The van der Waals surface area contributed by atoms with Crippen LogP contribution in [0.25, 0.3) is 0 Å². The number of carbonyl (C=O) groups excluding carboxylic acids is 1. The molecule has 0 aliphatic carbocycles. The Morgan fingerprint density at radius 3 is 2.41 bits per heavy atom. The van der Waals surface area contributed by atoms with E-state index in [0.29, 0.717) is 35.2 Å². The lowest BCUT2D eigenvalue weighted by Crippen LogP contribution is -2.40. The first-order chi connectivity index (χ1) is 13.7. The smallest absolute Gasteiger partial charge is 0.243 e. The van der Waals surface area contributed by atoms with Crippen LogP contribution in [0.5, 0.6) is 0 Å². The molecule has 1 N–H and O–H groups in total. The van der Waals surface area contributed by atoms with E-state index in [1.165, 1.54) is 12.1 Å². The molecule has 0 spiro atoms. The van der Waals surface area contributed by atoms with E-state index in [4.69, 9.17) is 27.9 Å². The van der Waals surface area contributed by atoms with Crippen LogP contribution in [0.2, 0.25) is 10.0 Å². The van der Waals surface area contributed by atoms with Gasteiger partial charge in [0.25, 0.3) is 0 Å². The first-order valence-corrected chi connectivity index (χ1v) is 11.2. The lowest BCUT2D eigenvalue weighted by atomic mass is 10.2. The molecule has 2 rings (SSSR count). The fourth-order valence-electron chi connectivity index (χ4n) is 2.59. The molecule has 0 aliphatic rings. The van der Waals surface area contributed by atoms with E-state index in [1.807, 2.05) is 6.92 Å². The number of halogens is 2. The molecule has 2 aromatic rings. The van der Waals surface area contributed by atoms with Gasteiger partial charge in [0.05, 0.1) is 21.5 Å². The minimum atomic E-state index is -3.90. The van der Waals surface area contributed by atoms with E-state index in [1.54, 1.807) is 37.4 Å². The molecule has 1 amide bonds. The molecule has 0 unspecified atom stereocenters. The molecule has 0 saturated heterocycles. The van der Waals surface area contributed by atoms with Crippen LogP contribution in [-0.2, 0) is 26.1 Å². The largest absolute Gasteiger partial charge is 0.385 e. The highest BCUT2D eigenvalue weighted by atomic mass is 35.5. The van der Waals surface area contributed by atoms with Crippen molar-refractivity contribution < 1.29 is 17.9 Å². The number of nitrogens with one attached hydrogen (secondary N) is 1. The Bertz CT molecular complexity index is 934. The number of carbonyl (C=O) groups is 1. The summed E-state index contributed by atoms with van der Waals surface area (Å²) in [5.41, 5.74) is 1.57. The second-order valence-corrected chi connectivity index (χ2v) is 9.28. The first kappa shape index (κ1) is 23.6. The Balaban J connectivity index is 2.25. The number of amides is 1. The Hall–Kier alpha value is -1.64. The summed E-state index contributed by atoms with van der Waals surface area (Å²) < 4.78 is 32.4. The topological polar surface area (TPSA) is 75.7 Å². The number of methoxy groups -OCH3 is 1. The van der Waals surface area contributed by atoms with Crippen molar-refractivity contribution in [3.8, 4) is 0 Å². The Morgan fingerprint density at radius 1 is 1.10 bits per heavy atom. The van der Waals surface area contributed by atoms with Crippen LogP contribution in [0.15, 0.2) is 47.4 Å². The zero-order chi connectivity index (χ0) is 21.4. The van der Waals surface area contributed by atoms with Crippen LogP contribution in [0, 0.1) is 6.92 Å². The van der Waals surface area contributed by atoms with Crippen molar-refractivity contribution in [2.75, 3.05) is 26.8 Å². The second-order valence-electron chi connectivity index (χ2n) is 6.53. The van der Waals surface area contributed by atoms with Crippen molar-refractivity contribution in [1.82, 2.24) is 9.62 Å². The maximum Gasteiger partial charge on any atom is 0.243 e. The minimum absolute atomic E-state index is 0.0153. The average molecular weight is 459 g/mol. The van der Waals surface area contributed by atoms with Gasteiger partial charge in [-0.2, -0.15) is 4.31 Å². The highest BCUT2D eigenvalue weighted by Crippen LogP contribution is 2.25. The normalized spacial score (nSPS) is 11.6. The molecule has 0 fully saturated rings. The summed E-state index contributed by atoms with van der Waals surface area (Å²) in [6.07, 6.45) is 0.639. The third-order valence-corrected chi connectivity index (χ3v) is 6.71. The van der Waals surface area contributed by atoms with Crippen molar-refractivity contribution in [2.24, 2.45) is 0 Å². The lowest BCUT2D eigenvalue weighted by Gasteiger charge is -2.22. The summed E-state index contributed by atoms with van der Waals surface area (Å²) in [6.45, 7) is 2.45. The summed E-state index contributed by atoms with van der Waals surface area (Å²) in [4.78, 5) is 12.5. The van der Waals surface area contributed by atoms with E-state index < -0.39 is 15.9 Å². The fourth-order valence-corrected chi connectivity index (χ4v) is 4.29. The SMILES string of the molecule is COCCCNC(=O)CN(Cc1ccc(Cl)c(Cl)c1)S(=O)(=O)c1ccc(C)cc1. The van der Waals surface area contributed by atoms with Crippen molar-refractivity contribution in [1.29, 1.82) is 0 Å². The highest BCUT2D eigenvalue weighted by Gasteiger charge is 2.27. The van der Waals surface area contributed by atoms with Crippen molar-refractivity contribution in [3.05, 3.63) is 63.6 Å². The van der Waals surface area contributed by atoms with Gasteiger partial charge in [-0.25, -0.2) is 8.42 Å². The van der Waals surface area contributed by atoms with Gasteiger partial charge in [0.1, 0.15) is 0 Å². The molecule has 158 valence electrons. The standard InChI is InChI=1S/C20H24Cl2N2O4S/c1-15-4-7-17(8-5-15)29(26,27)24(14-20(25)23-10-3-11-28-2)13-16-6-9-18(21)19(22)12-16/h4-9,12H,3,10-11,13-14H2,1-2H3,(H,23,25). The van der Waals surface area contributed by atoms with Crippen LogP contribution in [-0.4, -0.2) is 45.4 Å². The molecular formula is C20H24Cl2N2O4S. The monoisotopic (exact) mass is 458 g/mol. The predicted octanol–water partition coefficient (Wildman–Crippen LogP) is 3.65. The first-order valence-electron chi connectivity index (χ1n) is 9.00. The summed E-state index contributed by atoms with van der Waals surface area (Å²) in [5.74, 6) is -0.392. The van der Waals surface area contributed by atoms with Crippen LogP contribution < -0.4 is 5.32 Å². The van der Waals surface area contributed by atoms with E-state index in [-0.39, 0.29) is 18.0 Å². The lowest BCUT2D eigenvalue weighted by molar-refractivity contribution is -0.121. The van der Waals surface area contributed by atoms with Crippen LogP contribution in [0.3, 0.4) is 0 Å². The summed E-state index contributed by atoms with van der Waals surface area (Å²) in [5, 5.41) is 3.41. The molecule has 0 saturated carbocycles. The molecule has 6 nitrogen and oxygen atoms in total. The minimum Gasteiger partial charge on any atom is -0.385 e. The van der Waals surface area contributed by atoms with E-state index in [2.05, 4.69) is 5.32 Å². The van der Waals surface area contributed by atoms with Gasteiger partial charge in [-0.05, 0) is 43.2 Å². The Labute approximate surface area is 181 Å². The van der Waals surface area contributed by atoms with E-state index in [9.17, 15) is 13.2 Å². The summed E-state index contributed by atoms with van der Waals surface area (Å²) in [6, 6.07) is 11.4. The fraction of sp³-hybridized carbons (Fsp3) is 0.350.